The first-order valence-electron chi connectivity index (χ1n) is 15.0. The molecule has 0 bridgehead atoms. The molecule has 2 aliphatic heterocycles. The maximum Gasteiger partial charge on any atom is 0.414 e. The van der Waals surface area contributed by atoms with Gasteiger partial charge in [-0.15, -0.1) is 0 Å². The third kappa shape index (κ3) is 6.76. The van der Waals surface area contributed by atoms with Gasteiger partial charge in [-0.05, 0) is 59.1 Å². The van der Waals surface area contributed by atoms with Crippen LogP contribution in [0.2, 0.25) is 5.28 Å². The molecule has 2 aromatic heterocycles. The number of amides is 1. The van der Waals surface area contributed by atoms with Crippen molar-refractivity contribution in [3.8, 4) is 5.88 Å². The van der Waals surface area contributed by atoms with Gasteiger partial charge in [-0.1, -0.05) is 12.8 Å². The van der Waals surface area contributed by atoms with Gasteiger partial charge in [0.15, 0.2) is 23.0 Å². The number of ether oxygens (including phenoxy) is 5. The minimum atomic E-state index is -3.80. The van der Waals surface area contributed by atoms with Crippen LogP contribution < -0.4 is 10.1 Å². The van der Waals surface area contributed by atoms with E-state index in [2.05, 4.69) is 20.4 Å². The first kappa shape index (κ1) is 33.4. The lowest BCUT2D eigenvalue weighted by Gasteiger charge is -2.36. The number of aliphatic hydroxyl groups excluding tert-OH is 1. The summed E-state index contributed by atoms with van der Waals surface area (Å²) >= 11 is 6.26. The summed E-state index contributed by atoms with van der Waals surface area (Å²) in [5.41, 5.74) is 0.259. The van der Waals surface area contributed by atoms with Crippen LogP contribution in [0.3, 0.4) is 0 Å². The number of aliphatic hydroxyl groups is 1. The van der Waals surface area contributed by atoms with Crippen molar-refractivity contribution < 1.29 is 47.2 Å². The smallest absolute Gasteiger partial charge is 0.396 e. The largest absolute Gasteiger partial charge is 0.414 e. The van der Waals surface area contributed by atoms with Crippen molar-refractivity contribution in [1.82, 2.24) is 25.1 Å². The van der Waals surface area contributed by atoms with Gasteiger partial charge in [-0.3, -0.25) is 4.57 Å². The zero-order chi connectivity index (χ0) is 31.7. The normalized spacial score (nSPS) is 26.6. The van der Waals surface area contributed by atoms with E-state index in [9.17, 15) is 14.5 Å². The lowest BCUT2D eigenvalue weighted by molar-refractivity contribution is -0.206. The summed E-state index contributed by atoms with van der Waals surface area (Å²) in [5.74, 6) is -1.000. The summed E-state index contributed by atoms with van der Waals surface area (Å²) < 4.78 is 56.9. The molecule has 1 aliphatic carbocycles. The fraction of sp³-hybridized carbons (Fsp3) is 0.778. The number of rotatable bonds is 13. The highest BCUT2D eigenvalue weighted by Crippen LogP contribution is 2.62. The Labute approximate surface area is 260 Å². The Morgan fingerprint density at radius 2 is 1.89 bits per heavy atom. The molecular formula is C27H41ClN5O10P. The molecule has 15 nitrogen and oxygen atoms in total. The van der Waals surface area contributed by atoms with Crippen LogP contribution >= 0.6 is 19.2 Å². The summed E-state index contributed by atoms with van der Waals surface area (Å²) in [4.78, 5) is 21.1. The molecule has 2 aromatic rings. The predicted octanol–water partition coefficient (Wildman–Crippen LogP) is 4.31. The Balaban J connectivity index is 1.40. The van der Waals surface area contributed by atoms with Gasteiger partial charge in [0.2, 0.25) is 11.2 Å². The molecule has 1 unspecified atom stereocenters. The standard InChI is InChI=1S/C27H41ClN5O10P/c1-6-38-44(36,39-7-2)27(5,12-13-34)37-15-18-19-20(43-26(3,4)42-19)23(40-18)33-21-17(14-29-33)22(32-24(28)31-21)41-25(35)30-16-10-8-9-11-16/h14,16,18-20,23,34H,6-13,15H2,1-5H3,(H,30,35)/t18-,19-,20-,23-,27?/m1/s1. The van der Waals surface area contributed by atoms with Crippen LogP contribution in [0, 0.1) is 0 Å². The van der Waals surface area contributed by atoms with Crippen molar-refractivity contribution in [3.05, 3.63) is 11.5 Å². The predicted molar refractivity (Wildman–Crippen MR) is 156 cm³/mol. The van der Waals surface area contributed by atoms with Crippen molar-refractivity contribution in [3.63, 3.8) is 0 Å². The van der Waals surface area contributed by atoms with Gasteiger partial charge in [-0.2, -0.15) is 15.1 Å². The van der Waals surface area contributed by atoms with Crippen molar-refractivity contribution >= 4 is 36.3 Å². The molecule has 3 fully saturated rings. The summed E-state index contributed by atoms with van der Waals surface area (Å²) in [6.07, 6.45) is 1.89. The van der Waals surface area contributed by atoms with E-state index >= 15 is 0 Å². The van der Waals surface area contributed by atoms with Gasteiger partial charge >= 0.3 is 13.7 Å². The van der Waals surface area contributed by atoms with E-state index in [1.807, 2.05) is 0 Å². The maximum atomic E-state index is 13.7. The van der Waals surface area contributed by atoms with E-state index in [1.54, 1.807) is 34.6 Å². The number of fused-ring (bicyclic) bond motifs is 2. The van der Waals surface area contributed by atoms with Gasteiger partial charge in [0.25, 0.3) is 0 Å². The third-order valence-electron chi connectivity index (χ3n) is 7.94. The van der Waals surface area contributed by atoms with E-state index < -0.39 is 49.4 Å². The Kier molecular flexibility index (Phi) is 10.2. The molecule has 0 aromatic carbocycles. The first-order chi connectivity index (χ1) is 20.9. The number of hydrogen-bond acceptors (Lipinski definition) is 13. The first-order valence-corrected chi connectivity index (χ1v) is 16.9. The minimum Gasteiger partial charge on any atom is -0.396 e. The molecule has 0 radical (unpaired) electrons. The molecule has 5 rings (SSSR count). The second kappa shape index (κ2) is 13.4. The lowest BCUT2D eigenvalue weighted by atomic mass is 10.1. The van der Waals surface area contributed by atoms with Crippen LogP contribution in [-0.4, -0.2) is 92.9 Å². The molecular weight excluding hydrogens is 621 g/mol. The molecule has 44 heavy (non-hydrogen) atoms. The molecule has 3 aliphatic rings. The van der Waals surface area contributed by atoms with Gasteiger partial charge in [0.1, 0.15) is 23.7 Å². The molecule has 2 saturated heterocycles. The SMILES string of the molecule is CCOP(=O)(OCC)C(C)(CCO)OC[C@H]1O[C@@H](n2ncc3c(OC(=O)NC4CCCC4)nc(Cl)nc32)[C@@H]2OC(C)(C)O[C@@H]21. The fourth-order valence-electron chi connectivity index (χ4n) is 5.89. The highest BCUT2D eigenvalue weighted by atomic mass is 35.5. The van der Waals surface area contributed by atoms with Crippen molar-refractivity contribution in [1.29, 1.82) is 0 Å². The second-order valence-corrected chi connectivity index (χ2v) is 14.4. The average molecular weight is 662 g/mol. The van der Waals surface area contributed by atoms with E-state index in [-0.39, 0.29) is 55.7 Å². The number of halogens is 1. The van der Waals surface area contributed by atoms with Gasteiger partial charge in [0, 0.05) is 19.1 Å². The molecule has 2 N–H and O–H groups in total. The Morgan fingerprint density at radius 3 is 2.55 bits per heavy atom. The Hall–Kier alpha value is -1.94. The zero-order valence-electron chi connectivity index (χ0n) is 25.6. The number of carbonyl (C=O) groups excluding carboxylic acids is 1. The number of nitrogens with zero attached hydrogens (tertiary/aromatic N) is 4. The van der Waals surface area contributed by atoms with E-state index in [0.717, 1.165) is 25.7 Å². The quantitative estimate of drug-likeness (QED) is 0.230. The zero-order valence-corrected chi connectivity index (χ0v) is 27.2. The summed E-state index contributed by atoms with van der Waals surface area (Å²) in [5, 5.41) is 15.9. The number of nitrogens with one attached hydrogen (secondary N) is 1. The summed E-state index contributed by atoms with van der Waals surface area (Å²) in [6, 6.07) is 0.0547. The highest BCUT2D eigenvalue weighted by Gasteiger charge is 2.58. The highest BCUT2D eigenvalue weighted by molar-refractivity contribution is 7.55. The van der Waals surface area contributed by atoms with Gasteiger partial charge in [0.05, 0.1) is 26.0 Å². The average Bonchev–Trinajstić information content (AvgIpc) is 3.72. The monoisotopic (exact) mass is 661 g/mol. The van der Waals surface area contributed by atoms with Crippen molar-refractivity contribution in [2.45, 2.75) is 108 Å². The third-order valence-corrected chi connectivity index (χ3v) is 10.8. The minimum absolute atomic E-state index is 0.00626. The molecule has 4 heterocycles. The number of aromatic nitrogens is 4. The van der Waals surface area contributed by atoms with Crippen molar-refractivity contribution in [2.75, 3.05) is 26.4 Å². The molecule has 0 spiro atoms. The Morgan fingerprint density at radius 1 is 1.20 bits per heavy atom. The molecule has 5 atom stereocenters. The lowest BCUT2D eigenvalue weighted by Crippen LogP contribution is -2.39. The second-order valence-electron chi connectivity index (χ2n) is 11.6. The van der Waals surface area contributed by atoms with Crippen LogP contribution in [0.25, 0.3) is 11.0 Å². The van der Waals surface area contributed by atoms with Crippen LogP contribution in [0.1, 0.15) is 73.0 Å². The summed E-state index contributed by atoms with van der Waals surface area (Å²) in [7, 11) is -3.80. The molecule has 246 valence electrons. The maximum absolute atomic E-state index is 13.7. The molecule has 1 saturated carbocycles. The number of hydrogen-bond donors (Lipinski definition) is 2. The van der Waals surface area contributed by atoms with Crippen LogP contribution in [0.4, 0.5) is 4.79 Å². The molecule has 1 amide bonds. The van der Waals surface area contributed by atoms with Crippen LogP contribution in [0.5, 0.6) is 5.88 Å². The number of carbonyl (C=O) groups is 1. The fourth-order valence-corrected chi connectivity index (χ4v) is 7.95. The van der Waals surface area contributed by atoms with Crippen LogP contribution in [-0.2, 0) is 32.6 Å². The van der Waals surface area contributed by atoms with Crippen LogP contribution in [0.15, 0.2) is 6.20 Å². The van der Waals surface area contributed by atoms with E-state index in [1.165, 1.54) is 10.9 Å². The van der Waals surface area contributed by atoms with Gasteiger partial charge in [-0.25, -0.2) is 9.48 Å². The summed E-state index contributed by atoms with van der Waals surface area (Å²) in [6.45, 7) is 8.41. The van der Waals surface area contributed by atoms with Gasteiger partial charge < -0.3 is 43.2 Å². The molecule has 17 heteroatoms. The van der Waals surface area contributed by atoms with E-state index in [0.29, 0.717) is 5.39 Å². The van der Waals surface area contributed by atoms with E-state index in [4.69, 9.17) is 44.3 Å². The topological polar surface area (TPSA) is 175 Å². The Bertz CT molecular complexity index is 1360. The van der Waals surface area contributed by atoms with Crippen molar-refractivity contribution in [2.24, 2.45) is 0 Å².